The van der Waals surface area contributed by atoms with Crippen molar-refractivity contribution in [1.82, 2.24) is 30.0 Å². The molecule has 0 radical (unpaired) electrons. The van der Waals surface area contributed by atoms with Crippen LogP contribution in [0.15, 0.2) is 23.4 Å². The minimum absolute atomic E-state index is 0.216. The number of carbonyl (C=O) groups is 1. The third kappa shape index (κ3) is 4.19. The van der Waals surface area contributed by atoms with Crippen molar-refractivity contribution in [2.24, 2.45) is 13.0 Å². The number of nitrogens with zero attached hydrogens (tertiary/aromatic N) is 4. The molecule has 1 unspecified atom stereocenters. The third-order valence-electron chi connectivity index (χ3n) is 4.89. The van der Waals surface area contributed by atoms with Crippen molar-refractivity contribution in [2.75, 3.05) is 19.6 Å². The van der Waals surface area contributed by atoms with E-state index in [-0.39, 0.29) is 17.0 Å². The quantitative estimate of drug-likeness (QED) is 0.772. The van der Waals surface area contributed by atoms with Crippen molar-refractivity contribution < 1.29 is 4.79 Å². The standard InChI is InChI=1S/C18H26N6O2/c1-13-6-9-24(11-14-4-3-7-19-10-14)18(26)16(13)17(25)20-8-5-15-22-21-12-23(15)2/h6,9,12,14,19H,3-5,7-8,10-11H2,1-2H3,(H,20,25). The molecule has 1 aliphatic rings. The van der Waals surface area contributed by atoms with Crippen LogP contribution in [0.2, 0.25) is 0 Å². The molecule has 1 atom stereocenters. The zero-order valence-electron chi connectivity index (χ0n) is 15.4. The zero-order chi connectivity index (χ0) is 18.5. The first-order valence-electron chi connectivity index (χ1n) is 9.08. The molecule has 3 heterocycles. The molecule has 8 heteroatoms. The van der Waals surface area contributed by atoms with Gasteiger partial charge in [-0.05, 0) is 50.4 Å². The summed E-state index contributed by atoms with van der Waals surface area (Å²) in [6.07, 6.45) is 6.21. The number of piperidine rings is 1. The molecule has 2 aromatic rings. The van der Waals surface area contributed by atoms with Crippen molar-refractivity contribution in [1.29, 1.82) is 0 Å². The summed E-state index contributed by atoms with van der Waals surface area (Å²) in [6.45, 7) is 4.81. The fourth-order valence-electron chi connectivity index (χ4n) is 3.35. The van der Waals surface area contributed by atoms with Crippen LogP contribution in [0.25, 0.3) is 0 Å². The van der Waals surface area contributed by atoms with Crippen LogP contribution in [0.3, 0.4) is 0 Å². The fraction of sp³-hybridized carbons (Fsp3) is 0.556. The maximum Gasteiger partial charge on any atom is 0.263 e. The van der Waals surface area contributed by atoms with Gasteiger partial charge in [0.15, 0.2) is 0 Å². The lowest BCUT2D eigenvalue weighted by Gasteiger charge is -2.23. The Morgan fingerprint density at radius 3 is 3.00 bits per heavy atom. The van der Waals surface area contributed by atoms with E-state index in [0.717, 1.165) is 31.8 Å². The van der Waals surface area contributed by atoms with Gasteiger partial charge in [0, 0.05) is 32.8 Å². The highest BCUT2D eigenvalue weighted by molar-refractivity contribution is 5.95. The van der Waals surface area contributed by atoms with Gasteiger partial charge in [-0.15, -0.1) is 10.2 Å². The molecule has 1 fully saturated rings. The number of nitrogens with one attached hydrogen (secondary N) is 2. The van der Waals surface area contributed by atoms with Gasteiger partial charge in [-0.25, -0.2) is 0 Å². The van der Waals surface area contributed by atoms with Crippen molar-refractivity contribution in [2.45, 2.75) is 32.7 Å². The van der Waals surface area contributed by atoms with Crippen LogP contribution in [0, 0.1) is 12.8 Å². The molecule has 140 valence electrons. The van der Waals surface area contributed by atoms with E-state index in [0.29, 0.717) is 31.0 Å². The molecule has 3 rings (SSSR count). The van der Waals surface area contributed by atoms with Crippen LogP contribution in [0.5, 0.6) is 0 Å². The van der Waals surface area contributed by atoms with Crippen LogP contribution in [0.1, 0.15) is 34.6 Å². The predicted octanol–water partition coefficient (Wildman–Crippen LogP) is 0.257. The lowest BCUT2D eigenvalue weighted by Crippen LogP contribution is -2.38. The fourth-order valence-corrected chi connectivity index (χ4v) is 3.35. The Kier molecular flexibility index (Phi) is 5.82. The number of pyridine rings is 1. The lowest BCUT2D eigenvalue weighted by molar-refractivity contribution is 0.0951. The van der Waals surface area contributed by atoms with Gasteiger partial charge in [0.25, 0.3) is 11.5 Å². The molecular formula is C18H26N6O2. The SMILES string of the molecule is Cc1ccn(CC2CCCNC2)c(=O)c1C(=O)NCCc1nncn1C. The maximum atomic E-state index is 12.8. The van der Waals surface area contributed by atoms with E-state index in [9.17, 15) is 9.59 Å². The summed E-state index contributed by atoms with van der Waals surface area (Å²) < 4.78 is 3.48. The number of hydrogen-bond acceptors (Lipinski definition) is 5. The van der Waals surface area contributed by atoms with Gasteiger partial charge in [0.1, 0.15) is 17.7 Å². The first kappa shape index (κ1) is 18.3. The van der Waals surface area contributed by atoms with E-state index in [1.54, 1.807) is 24.0 Å². The maximum absolute atomic E-state index is 12.8. The number of hydrogen-bond donors (Lipinski definition) is 2. The smallest absolute Gasteiger partial charge is 0.263 e. The number of aromatic nitrogens is 4. The van der Waals surface area contributed by atoms with E-state index < -0.39 is 0 Å². The highest BCUT2D eigenvalue weighted by atomic mass is 16.2. The molecule has 8 nitrogen and oxygen atoms in total. The second kappa shape index (κ2) is 8.27. The molecule has 1 aliphatic heterocycles. The summed E-state index contributed by atoms with van der Waals surface area (Å²) in [7, 11) is 1.86. The Labute approximate surface area is 152 Å². The Balaban J connectivity index is 1.67. The Hall–Kier alpha value is -2.48. The van der Waals surface area contributed by atoms with Crippen molar-refractivity contribution in [3.8, 4) is 0 Å². The third-order valence-corrected chi connectivity index (χ3v) is 4.89. The normalized spacial score (nSPS) is 17.2. The summed E-state index contributed by atoms with van der Waals surface area (Å²) in [6, 6.07) is 1.84. The van der Waals surface area contributed by atoms with E-state index in [4.69, 9.17) is 0 Å². The van der Waals surface area contributed by atoms with Crippen LogP contribution < -0.4 is 16.2 Å². The van der Waals surface area contributed by atoms with Gasteiger partial charge in [0.2, 0.25) is 0 Å². The largest absolute Gasteiger partial charge is 0.351 e. The Morgan fingerprint density at radius 2 is 2.31 bits per heavy atom. The van der Waals surface area contributed by atoms with Crippen LogP contribution in [0.4, 0.5) is 0 Å². The monoisotopic (exact) mass is 358 g/mol. The summed E-state index contributed by atoms with van der Waals surface area (Å²) in [5.41, 5.74) is 0.713. The second-order valence-corrected chi connectivity index (χ2v) is 6.91. The van der Waals surface area contributed by atoms with E-state index in [1.165, 1.54) is 0 Å². The van der Waals surface area contributed by atoms with Crippen LogP contribution >= 0.6 is 0 Å². The highest BCUT2D eigenvalue weighted by Gasteiger charge is 2.19. The molecule has 1 amide bonds. The molecule has 2 N–H and O–H groups in total. The summed E-state index contributed by atoms with van der Waals surface area (Å²) in [5.74, 6) is 0.888. The van der Waals surface area contributed by atoms with Crippen molar-refractivity contribution >= 4 is 5.91 Å². The Bertz CT molecular complexity index is 819. The van der Waals surface area contributed by atoms with Gasteiger partial charge in [-0.1, -0.05) is 0 Å². The van der Waals surface area contributed by atoms with Crippen molar-refractivity contribution in [3.63, 3.8) is 0 Å². The minimum Gasteiger partial charge on any atom is -0.351 e. The first-order valence-corrected chi connectivity index (χ1v) is 9.08. The van der Waals surface area contributed by atoms with E-state index in [2.05, 4.69) is 20.8 Å². The molecular weight excluding hydrogens is 332 g/mol. The zero-order valence-corrected chi connectivity index (χ0v) is 15.4. The topological polar surface area (TPSA) is 93.8 Å². The van der Waals surface area contributed by atoms with Gasteiger partial charge in [-0.2, -0.15) is 0 Å². The average Bonchev–Trinajstić information content (AvgIpc) is 3.04. The van der Waals surface area contributed by atoms with E-state index >= 15 is 0 Å². The molecule has 26 heavy (non-hydrogen) atoms. The highest BCUT2D eigenvalue weighted by Crippen LogP contribution is 2.12. The first-order chi connectivity index (χ1) is 12.6. The molecule has 0 saturated carbocycles. The summed E-state index contributed by atoms with van der Waals surface area (Å²) in [4.78, 5) is 25.4. The number of rotatable bonds is 6. The number of aryl methyl sites for hydroxylation is 2. The molecule has 0 aliphatic carbocycles. The summed E-state index contributed by atoms with van der Waals surface area (Å²) >= 11 is 0. The van der Waals surface area contributed by atoms with Crippen molar-refractivity contribution in [3.05, 3.63) is 45.9 Å². The van der Waals surface area contributed by atoms with Gasteiger partial charge >= 0.3 is 0 Å². The molecule has 1 saturated heterocycles. The van der Waals surface area contributed by atoms with Gasteiger partial charge in [0.05, 0.1) is 0 Å². The van der Waals surface area contributed by atoms with E-state index in [1.807, 2.05) is 17.7 Å². The average molecular weight is 358 g/mol. The van der Waals surface area contributed by atoms with Gasteiger partial charge in [-0.3, -0.25) is 9.59 Å². The minimum atomic E-state index is -0.328. The van der Waals surface area contributed by atoms with Crippen LogP contribution in [-0.2, 0) is 20.0 Å². The Morgan fingerprint density at radius 1 is 1.46 bits per heavy atom. The predicted molar refractivity (Wildman–Crippen MR) is 98.1 cm³/mol. The molecule has 0 spiro atoms. The summed E-state index contributed by atoms with van der Waals surface area (Å²) in [5, 5.41) is 14.0. The molecule has 2 aromatic heterocycles. The van der Waals surface area contributed by atoms with Crippen LogP contribution in [-0.4, -0.2) is 44.9 Å². The second-order valence-electron chi connectivity index (χ2n) is 6.91. The number of amides is 1. The van der Waals surface area contributed by atoms with Gasteiger partial charge < -0.3 is 19.8 Å². The molecule has 0 aromatic carbocycles. The lowest BCUT2D eigenvalue weighted by atomic mass is 9.99. The number of carbonyl (C=O) groups excluding carboxylic acids is 1. The molecule has 0 bridgehead atoms.